The summed E-state index contributed by atoms with van der Waals surface area (Å²) in [5.41, 5.74) is 0. The average Bonchev–Trinajstić information content (AvgIpc) is 1.88. The summed E-state index contributed by atoms with van der Waals surface area (Å²) in [6, 6.07) is 0. The molecule has 2 atom stereocenters. The van der Waals surface area contributed by atoms with E-state index in [0.717, 1.165) is 19.4 Å². The van der Waals surface area contributed by atoms with Gasteiger partial charge in [-0.25, -0.2) is 0 Å². The van der Waals surface area contributed by atoms with Crippen LogP contribution in [0.4, 0.5) is 0 Å². The first-order chi connectivity index (χ1) is 4.79. The van der Waals surface area contributed by atoms with E-state index in [-0.39, 0.29) is 6.10 Å². The van der Waals surface area contributed by atoms with Gasteiger partial charge in [-0.3, -0.25) is 0 Å². The van der Waals surface area contributed by atoms with Gasteiger partial charge >= 0.3 is 0 Å². The summed E-state index contributed by atoms with van der Waals surface area (Å²) in [7, 11) is 0. The van der Waals surface area contributed by atoms with Crippen LogP contribution < -0.4 is 0 Å². The molecule has 1 aliphatic rings. The molecule has 10 heavy (non-hydrogen) atoms. The second kappa shape index (κ2) is 3.91. The molecular formula is C7H13O3. The van der Waals surface area contributed by atoms with E-state index in [1.54, 1.807) is 0 Å². The highest BCUT2D eigenvalue weighted by Gasteiger charge is 2.15. The lowest BCUT2D eigenvalue weighted by Crippen LogP contribution is -2.28. The molecule has 0 bridgehead atoms. The molecule has 59 valence electrons. The summed E-state index contributed by atoms with van der Waals surface area (Å²) >= 11 is 0. The molecule has 0 saturated carbocycles. The van der Waals surface area contributed by atoms with Crippen molar-refractivity contribution in [2.45, 2.75) is 25.2 Å². The van der Waals surface area contributed by atoms with E-state index in [0.29, 0.717) is 6.61 Å². The van der Waals surface area contributed by atoms with E-state index < -0.39 is 6.29 Å². The lowest BCUT2D eigenvalue weighted by Gasteiger charge is -2.23. The van der Waals surface area contributed by atoms with Crippen molar-refractivity contribution in [3.63, 3.8) is 0 Å². The van der Waals surface area contributed by atoms with Gasteiger partial charge in [-0.15, -0.1) is 0 Å². The molecule has 0 amide bonds. The number of rotatable bonds is 2. The molecule has 0 aromatic heterocycles. The van der Waals surface area contributed by atoms with Crippen LogP contribution in [0.15, 0.2) is 0 Å². The molecule has 0 aliphatic carbocycles. The fraction of sp³-hybridized carbons (Fsp3) is 0.857. The number of hydrogen-bond acceptors (Lipinski definition) is 3. The summed E-state index contributed by atoms with van der Waals surface area (Å²) < 4.78 is 10.1. The van der Waals surface area contributed by atoms with E-state index in [2.05, 4.69) is 6.92 Å². The van der Waals surface area contributed by atoms with Crippen molar-refractivity contribution < 1.29 is 14.6 Å². The predicted octanol–water partition coefficient (Wildman–Crippen LogP) is 0.334. The van der Waals surface area contributed by atoms with E-state index in [1.807, 2.05) is 0 Å². The van der Waals surface area contributed by atoms with Gasteiger partial charge in [0.05, 0.1) is 12.7 Å². The maximum atomic E-state index is 8.72. The Morgan fingerprint density at radius 1 is 1.70 bits per heavy atom. The molecule has 1 heterocycles. The van der Waals surface area contributed by atoms with Gasteiger partial charge in [0.1, 0.15) is 0 Å². The third kappa shape index (κ3) is 2.64. The largest absolute Gasteiger partial charge is 0.379 e. The molecule has 1 rings (SSSR count). The smallest absolute Gasteiger partial charge is 0.155 e. The molecule has 1 fully saturated rings. The van der Waals surface area contributed by atoms with E-state index >= 15 is 0 Å². The Morgan fingerprint density at radius 2 is 2.50 bits per heavy atom. The van der Waals surface area contributed by atoms with Gasteiger partial charge in [0, 0.05) is 13.5 Å². The molecule has 1 aliphatic heterocycles. The zero-order valence-electron chi connectivity index (χ0n) is 5.95. The summed E-state index contributed by atoms with van der Waals surface area (Å²) in [5, 5.41) is 8.72. The van der Waals surface area contributed by atoms with Crippen LogP contribution in [0.3, 0.4) is 0 Å². The number of aliphatic hydroxyl groups excluding tert-OH is 1. The Kier molecular flexibility index (Phi) is 3.12. The molecule has 2 unspecified atom stereocenters. The Morgan fingerprint density at radius 3 is 3.00 bits per heavy atom. The average molecular weight is 145 g/mol. The molecular weight excluding hydrogens is 132 g/mol. The predicted molar refractivity (Wildman–Crippen MR) is 36.3 cm³/mol. The van der Waals surface area contributed by atoms with E-state index in [1.165, 1.54) is 0 Å². The first-order valence-electron chi connectivity index (χ1n) is 3.53. The maximum Gasteiger partial charge on any atom is 0.155 e. The van der Waals surface area contributed by atoms with E-state index in [4.69, 9.17) is 14.6 Å². The fourth-order valence-electron chi connectivity index (χ4n) is 1.04. The molecule has 0 spiro atoms. The molecule has 1 saturated heterocycles. The van der Waals surface area contributed by atoms with Crippen LogP contribution in [-0.4, -0.2) is 30.7 Å². The lowest BCUT2D eigenvalue weighted by molar-refractivity contribution is -0.143. The van der Waals surface area contributed by atoms with Gasteiger partial charge in [-0.05, 0) is 12.8 Å². The van der Waals surface area contributed by atoms with Crippen LogP contribution in [0, 0.1) is 6.92 Å². The minimum absolute atomic E-state index is 0.0428. The van der Waals surface area contributed by atoms with Crippen LogP contribution in [0.25, 0.3) is 0 Å². The summed E-state index contributed by atoms with van der Waals surface area (Å²) in [6.07, 6.45) is 1.11. The minimum Gasteiger partial charge on any atom is -0.379 e. The molecule has 3 heteroatoms. The Labute approximate surface area is 60.9 Å². The highest BCUT2D eigenvalue weighted by Crippen LogP contribution is 2.10. The quantitative estimate of drug-likeness (QED) is 0.569. The standard InChI is InChI=1S/C7H13O3/c1-6(8)10-7-3-2-4-9-5-7/h6-8H,1-5H2. The van der Waals surface area contributed by atoms with Crippen molar-refractivity contribution in [1.82, 2.24) is 0 Å². The number of hydrogen-bond donors (Lipinski definition) is 1. The zero-order valence-corrected chi connectivity index (χ0v) is 5.95. The van der Waals surface area contributed by atoms with Gasteiger partial charge in [-0.2, -0.15) is 0 Å². The monoisotopic (exact) mass is 145 g/mol. The fourth-order valence-corrected chi connectivity index (χ4v) is 1.04. The maximum absolute atomic E-state index is 8.72. The first kappa shape index (κ1) is 7.98. The first-order valence-corrected chi connectivity index (χ1v) is 3.53. The third-order valence-corrected chi connectivity index (χ3v) is 1.47. The second-order valence-electron chi connectivity index (χ2n) is 2.43. The second-order valence-corrected chi connectivity index (χ2v) is 2.43. The SMILES string of the molecule is [CH2]C(O)OC1CCCOC1. The molecule has 0 aromatic rings. The van der Waals surface area contributed by atoms with E-state index in [9.17, 15) is 0 Å². The third-order valence-electron chi connectivity index (χ3n) is 1.47. The van der Waals surface area contributed by atoms with Crippen LogP contribution in [0.2, 0.25) is 0 Å². The van der Waals surface area contributed by atoms with Crippen molar-refractivity contribution in [3.8, 4) is 0 Å². The minimum atomic E-state index is -0.910. The molecule has 3 nitrogen and oxygen atoms in total. The molecule has 1 radical (unpaired) electrons. The van der Waals surface area contributed by atoms with Crippen LogP contribution in [-0.2, 0) is 9.47 Å². The normalized spacial score (nSPS) is 30.0. The summed E-state index contributed by atoms with van der Waals surface area (Å²) in [5.74, 6) is 0. The van der Waals surface area contributed by atoms with Crippen molar-refractivity contribution in [2.75, 3.05) is 13.2 Å². The van der Waals surface area contributed by atoms with Crippen molar-refractivity contribution in [2.24, 2.45) is 0 Å². The Balaban J connectivity index is 2.13. The molecule has 0 aromatic carbocycles. The highest BCUT2D eigenvalue weighted by molar-refractivity contribution is 4.62. The van der Waals surface area contributed by atoms with Crippen molar-refractivity contribution in [1.29, 1.82) is 0 Å². The van der Waals surface area contributed by atoms with Gasteiger partial charge in [0.15, 0.2) is 6.29 Å². The number of ether oxygens (including phenoxy) is 2. The topological polar surface area (TPSA) is 38.7 Å². The lowest BCUT2D eigenvalue weighted by atomic mass is 10.2. The van der Waals surface area contributed by atoms with Crippen LogP contribution in [0.5, 0.6) is 0 Å². The zero-order chi connectivity index (χ0) is 7.40. The number of aliphatic hydroxyl groups is 1. The summed E-state index contributed by atoms with van der Waals surface area (Å²) in [6.45, 7) is 4.71. The van der Waals surface area contributed by atoms with Gasteiger partial charge in [0.2, 0.25) is 0 Å². The van der Waals surface area contributed by atoms with Gasteiger partial charge < -0.3 is 14.6 Å². The van der Waals surface area contributed by atoms with Crippen molar-refractivity contribution in [3.05, 3.63) is 6.92 Å². The highest BCUT2D eigenvalue weighted by atomic mass is 16.6. The van der Waals surface area contributed by atoms with Crippen molar-refractivity contribution >= 4 is 0 Å². The van der Waals surface area contributed by atoms with Crippen LogP contribution in [0.1, 0.15) is 12.8 Å². The van der Waals surface area contributed by atoms with Gasteiger partial charge in [0.25, 0.3) is 0 Å². The summed E-state index contributed by atoms with van der Waals surface area (Å²) in [4.78, 5) is 0. The van der Waals surface area contributed by atoms with Gasteiger partial charge in [-0.1, -0.05) is 0 Å². The molecule has 1 N–H and O–H groups in total. The van der Waals surface area contributed by atoms with Crippen LogP contribution >= 0.6 is 0 Å². The Bertz CT molecular complexity index is 86.9. The Hall–Kier alpha value is -0.120.